The zero-order valence-electron chi connectivity index (χ0n) is 7.70. The highest BCUT2D eigenvalue weighted by molar-refractivity contribution is 5.87. The van der Waals surface area contributed by atoms with Crippen LogP contribution in [-0.2, 0) is 9.53 Å². The molecule has 70 valence electrons. The minimum atomic E-state index is -0.942. The second-order valence-electron chi connectivity index (χ2n) is 4.00. The van der Waals surface area contributed by atoms with Gasteiger partial charge in [-0.25, -0.2) is 4.90 Å². The van der Waals surface area contributed by atoms with E-state index in [2.05, 4.69) is 0 Å². The van der Waals surface area contributed by atoms with Crippen molar-refractivity contribution < 1.29 is 14.6 Å². The number of hydrogen-bond acceptors (Lipinski definition) is 4. The van der Waals surface area contributed by atoms with Crippen molar-refractivity contribution >= 4 is 5.78 Å². The lowest BCUT2D eigenvalue weighted by Crippen LogP contribution is -2.55. The first kappa shape index (κ1) is 9.64. The quantitative estimate of drug-likeness (QED) is 0.595. The molecule has 1 saturated heterocycles. The Labute approximate surface area is 72.1 Å². The molecule has 1 N–H and O–H groups in total. The molecular formula is C8H15NO3. The summed E-state index contributed by atoms with van der Waals surface area (Å²) in [5.74, 6) is 0.145. The molecule has 1 rings (SSSR count). The highest BCUT2D eigenvalue weighted by Gasteiger charge is 2.32. The van der Waals surface area contributed by atoms with Crippen molar-refractivity contribution in [3.63, 3.8) is 0 Å². The van der Waals surface area contributed by atoms with Crippen LogP contribution in [0.3, 0.4) is 0 Å². The topological polar surface area (TPSA) is 49.8 Å². The van der Waals surface area contributed by atoms with E-state index in [0.717, 1.165) is 0 Å². The number of carbonyl (C=O) groups is 1. The Kier molecular flexibility index (Phi) is 2.51. The number of ether oxygens (including phenoxy) is 1. The lowest BCUT2D eigenvalue weighted by molar-refractivity contribution is -0.247. The van der Waals surface area contributed by atoms with E-state index in [1.165, 1.54) is 0 Å². The highest BCUT2D eigenvalue weighted by Crippen LogP contribution is 2.15. The van der Waals surface area contributed by atoms with Gasteiger partial charge >= 0.3 is 0 Å². The number of rotatable bonds is 2. The number of nitrogens with zero attached hydrogens (tertiary/aromatic N) is 1. The van der Waals surface area contributed by atoms with Gasteiger partial charge in [-0.15, -0.1) is 0 Å². The predicted molar refractivity (Wildman–Crippen MR) is 43.4 cm³/mol. The van der Waals surface area contributed by atoms with Gasteiger partial charge in [-0.05, 0) is 20.8 Å². The van der Waals surface area contributed by atoms with Crippen molar-refractivity contribution in [2.45, 2.75) is 32.8 Å². The molecule has 0 aromatic carbocycles. The fourth-order valence-corrected chi connectivity index (χ4v) is 0.954. The summed E-state index contributed by atoms with van der Waals surface area (Å²) in [6.45, 7) is 6.18. The Hall–Kier alpha value is -0.450. The number of likely N-dealkylation sites (tertiary alicyclic amines) is 1. The van der Waals surface area contributed by atoms with E-state index in [0.29, 0.717) is 13.1 Å². The lowest BCUT2D eigenvalue weighted by atomic mass is 10.2. The normalized spacial score (nSPS) is 22.2. The van der Waals surface area contributed by atoms with E-state index >= 15 is 0 Å². The summed E-state index contributed by atoms with van der Waals surface area (Å²) in [7, 11) is 0. The second-order valence-corrected chi connectivity index (χ2v) is 4.00. The van der Waals surface area contributed by atoms with Crippen molar-refractivity contribution in [1.82, 2.24) is 4.90 Å². The molecule has 0 saturated carbocycles. The maximum atomic E-state index is 10.6. The monoisotopic (exact) mass is 173 g/mol. The number of hydrogen-bond donors (Lipinski definition) is 1. The smallest absolute Gasteiger partial charge is 0.217 e. The molecule has 0 aromatic rings. The summed E-state index contributed by atoms with van der Waals surface area (Å²) in [5.41, 5.74) is -0.377. The van der Waals surface area contributed by atoms with Gasteiger partial charge in [0, 0.05) is 0 Å². The van der Waals surface area contributed by atoms with E-state index in [1.54, 1.807) is 4.90 Å². The Balaban J connectivity index is 2.30. The van der Waals surface area contributed by atoms with Crippen LogP contribution >= 0.6 is 0 Å². The molecule has 0 aromatic heterocycles. The van der Waals surface area contributed by atoms with Crippen molar-refractivity contribution in [1.29, 1.82) is 0 Å². The van der Waals surface area contributed by atoms with Crippen molar-refractivity contribution in [3.05, 3.63) is 0 Å². The fraction of sp³-hybridized carbons (Fsp3) is 0.875. The van der Waals surface area contributed by atoms with Gasteiger partial charge in [-0.1, -0.05) is 0 Å². The summed E-state index contributed by atoms with van der Waals surface area (Å²) in [6.07, 6.45) is -0.942. The summed E-state index contributed by atoms with van der Waals surface area (Å²) in [6, 6.07) is 0. The molecule has 12 heavy (non-hydrogen) atoms. The van der Waals surface area contributed by atoms with Gasteiger partial charge in [0.15, 0.2) is 5.78 Å². The molecule has 0 unspecified atom stereocenters. The van der Waals surface area contributed by atoms with Crippen LogP contribution in [0.25, 0.3) is 0 Å². The molecule has 4 heteroatoms. The van der Waals surface area contributed by atoms with Crippen molar-refractivity contribution in [2.75, 3.05) is 13.1 Å². The number of ketones is 1. The molecule has 4 nitrogen and oxygen atoms in total. The lowest BCUT2D eigenvalue weighted by Gasteiger charge is -2.36. The van der Waals surface area contributed by atoms with E-state index < -0.39 is 6.41 Å². The molecule has 0 spiro atoms. The first-order valence-corrected chi connectivity index (χ1v) is 4.00. The van der Waals surface area contributed by atoms with Gasteiger partial charge in [-0.3, -0.25) is 4.79 Å². The van der Waals surface area contributed by atoms with Gasteiger partial charge in [0.05, 0.1) is 18.7 Å². The van der Waals surface area contributed by atoms with E-state index in [-0.39, 0.29) is 11.4 Å². The molecule has 1 aliphatic heterocycles. The van der Waals surface area contributed by atoms with Crippen LogP contribution < -0.4 is 0 Å². The number of Topliss-reactive ketones (excluding diaryl/α,β-unsaturated/α-hetero) is 1. The number of carbonyl (C=O) groups excluding carboxylic acids is 1. The zero-order chi connectivity index (χ0) is 9.35. The van der Waals surface area contributed by atoms with Crippen LogP contribution in [-0.4, -0.2) is 40.9 Å². The third kappa shape index (κ3) is 2.55. The average Bonchev–Trinajstić information content (AvgIpc) is 1.76. The fourth-order valence-electron chi connectivity index (χ4n) is 0.954. The van der Waals surface area contributed by atoms with Crippen molar-refractivity contribution in [2.24, 2.45) is 0 Å². The second kappa shape index (κ2) is 3.12. The minimum Gasteiger partial charge on any atom is -0.356 e. The predicted octanol–water partition coefficient (Wildman–Crippen LogP) is -0.0379. The molecule has 0 radical (unpaired) electrons. The SMILES string of the molecule is CC(C)(C)O[C@@H](O)N1CC(=O)C1. The maximum absolute atomic E-state index is 10.6. The first-order valence-electron chi connectivity index (χ1n) is 4.00. The van der Waals surface area contributed by atoms with Crippen LogP contribution in [0, 0.1) is 0 Å². The van der Waals surface area contributed by atoms with Crippen LogP contribution in [0.1, 0.15) is 20.8 Å². The van der Waals surface area contributed by atoms with E-state index in [4.69, 9.17) is 4.74 Å². The first-order chi connectivity index (χ1) is 5.38. The number of aliphatic hydroxyl groups excluding tert-OH is 1. The maximum Gasteiger partial charge on any atom is 0.217 e. The molecule has 0 amide bonds. The van der Waals surface area contributed by atoms with Gasteiger partial charge in [0.25, 0.3) is 0 Å². The van der Waals surface area contributed by atoms with Gasteiger partial charge in [0.2, 0.25) is 6.41 Å². The molecule has 1 atom stereocenters. The van der Waals surface area contributed by atoms with Gasteiger partial charge in [-0.2, -0.15) is 0 Å². The third-order valence-corrected chi connectivity index (χ3v) is 1.53. The minimum absolute atomic E-state index is 0.145. The molecule has 0 bridgehead atoms. The molecular weight excluding hydrogens is 158 g/mol. The Morgan fingerprint density at radius 3 is 2.33 bits per heavy atom. The average molecular weight is 173 g/mol. The summed E-state index contributed by atoms with van der Waals surface area (Å²) < 4.78 is 5.22. The largest absolute Gasteiger partial charge is 0.356 e. The van der Waals surface area contributed by atoms with E-state index in [9.17, 15) is 9.90 Å². The van der Waals surface area contributed by atoms with Crippen molar-refractivity contribution in [3.8, 4) is 0 Å². The standard InChI is InChI=1S/C8H15NO3/c1-8(2,3)12-7(11)9-4-6(10)5-9/h7,11H,4-5H2,1-3H3/t7-/m1/s1. The third-order valence-electron chi connectivity index (χ3n) is 1.53. The molecule has 1 heterocycles. The van der Waals surface area contributed by atoms with Crippen LogP contribution in [0.4, 0.5) is 0 Å². The Bertz CT molecular complexity index is 177. The highest BCUT2D eigenvalue weighted by atomic mass is 16.6. The molecule has 1 fully saturated rings. The van der Waals surface area contributed by atoms with Crippen LogP contribution in [0.5, 0.6) is 0 Å². The summed E-state index contributed by atoms with van der Waals surface area (Å²) in [4.78, 5) is 12.1. The van der Waals surface area contributed by atoms with E-state index in [1.807, 2.05) is 20.8 Å². The molecule has 0 aliphatic carbocycles. The van der Waals surface area contributed by atoms with Gasteiger partial charge < -0.3 is 9.84 Å². The van der Waals surface area contributed by atoms with Crippen LogP contribution in [0.15, 0.2) is 0 Å². The van der Waals surface area contributed by atoms with Gasteiger partial charge in [0.1, 0.15) is 0 Å². The summed E-state index contributed by atoms with van der Waals surface area (Å²) in [5, 5.41) is 9.37. The Morgan fingerprint density at radius 1 is 1.50 bits per heavy atom. The number of aliphatic hydroxyl groups is 1. The molecule has 1 aliphatic rings. The summed E-state index contributed by atoms with van der Waals surface area (Å²) >= 11 is 0. The van der Waals surface area contributed by atoms with Crippen LogP contribution in [0.2, 0.25) is 0 Å². The Morgan fingerprint density at radius 2 is 2.00 bits per heavy atom. The zero-order valence-corrected chi connectivity index (χ0v) is 7.70.